The van der Waals surface area contributed by atoms with E-state index in [9.17, 15) is 14.4 Å². The van der Waals surface area contributed by atoms with Gasteiger partial charge in [-0.15, -0.1) is 0 Å². The molecule has 3 N–H and O–H groups in total. The number of carbonyl (C=O) groups excluding carboxylic acids is 3. The van der Waals surface area contributed by atoms with Crippen LogP contribution in [0.3, 0.4) is 0 Å². The third-order valence-corrected chi connectivity index (χ3v) is 7.78. The zero-order valence-electron chi connectivity index (χ0n) is 21.1. The minimum atomic E-state index is -0.711. The van der Waals surface area contributed by atoms with Gasteiger partial charge >= 0.3 is 0 Å². The van der Waals surface area contributed by atoms with Crippen molar-refractivity contribution < 1.29 is 14.4 Å². The van der Waals surface area contributed by atoms with Gasteiger partial charge in [-0.1, -0.05) is 70.0 Å². The molecule has 0 saturated carbocycles. The first-order valence-corrected chi connectivity index (χ1v) is 13.0. The lowest BCUT2D eigenvalue weighted by atomic mass is 9.89. The molecule has 3 amide bonds. The van der Waals surface area contributed by atoms with E-state index in [1.54, 1.807) is 4.90 Å². The van der Waals surface area contributed by atoms with Crippen LogP contribution in [0.4, 0.5) is 0 Å². The molecule has 7 heteroatoms. The first kappa shape index (κ1) is 24.1. The van der Waals surface area contributed by atoms with Crippen molar-refractivity contribution >= 4 is 28.6 Å². The summed E-state index contributed by atoms with van der Waals surface area (Å²) in [5, 5.41) is 7.08. The highest BCUT2D eigenvalue weighted by atomic mass is 16.2. The lowest BCUT2D eigenvalue weighted by Gasteiger charge is -2.38. The van der Waals surface area contributed by atoms with Crippen molar-refractivity contribution in [3.63, 3.8) is 0 Å². The molecule has 188 valence electrons. The highest BCUT2D eigenvalue weighted by Gasteiger charge is 2.49. The van der Waals surface area contributed by atoms with E-state index in [1.165, 1.54) is 0 Å². The third kappa shape index (κ3) is 3.96. The van der Waals surface area contributed by atoms with E-state index < -0.39 is 12.1 Å². The summed E-state index contributed by atoms with van der Waals surface area (Å²) in [5.74, 6) is -0.631. The van der Waals surface area contributed by atoms with Gasteiger partial charge in [0.1, 0.15) is 12.1 Å². The summed E-state index contributed by atoms with van der Waals surface area (Å²) in [7, 11) is 0. The van der Waals surface area contributed by atoms with Crippen molar-refractivity contribution in [3.05, 3.63) is 70.9 Å². The second kappa shape index (κ2) is 9.80. The van der Waals surface area contributed by atoms with Gasteiger partial charge in [-0.2, -0.15) is 0 Å². The molecule has 7 nitrogen and oxygen atoms in total. The number of rotatable bonds is 8. The fourth-order valence-corrected chi connectivity index (χ4v) is 5.59. The number of aromatic nitrogens is 1. The summed E-state index contributed by atoms with van der Waals surface area (Å²) in [4.78, 5) is 45.8. The van der Waals surface area contributed by atoms with Crippen molar-refractivity contribution in [1.29, 1.82) is 0 Å². The minimum Gasteiger partial charge on any atom is -0.356 e. The molecule has 0 unspecified atom stereocenters. The number of amides is 3. The Morgan fingerprint density at radius 2 is 1.86 bits per heavy atom. The van der Waals surface area contributed by atoms with Crippen LogP contribution in [0.25, 0.3) is 10.9 Å². The maximum atomic E-state index is 13.9. The van der Waals surface area contributed by atoms with E-state index in [2.05, 4.69) is 28.6 Å². The van der Waals surface area contributed by atoms with Crippen LogP contribution in [-0.2, 0) is 16.0 Å². The largest absolute Gasteiger partial charge is 0.356 e. The molecule has 0 spiro atoms. The zero-order valence-corrected chi connectivity index (χ0v) is 21.1. The van der Waals surface area contributed by atoms with Crippen molar-refractivity contribution in [2.75, 3.05) is 6.54 Å². The smallest absolute Gasteiger partial charge is 0.255 e. The van der Waals surface area contributed by atoms with Crippen molar-refractivity contribution in [1.82, 2.24) is 20.5 Å². The second-order valence-corrected chi connectivity index (χ2v) is 10.0. The molecule has 1 aromatic heterocycles. The summed E-state index contributed by atoms with van der Waals surface area (Å²) in [6.07, 6.45) is 3.02. The predicted molar refractivity (Wildman–Crippen MR) is 140 cm³/mol. The van der Waals surface area contributed by atoms with E-state index in [-0.39, 0.29) is 29.7 Å². The van der Waals surface area contributed by atoms with Gasteiger partial charge in [0.15, 0.2) is 0 Å². The van der Waals surface area contributed by atoms with E-state index in [0.717, 1.165) is 47.0 Å². The summed E-state index contributed by atoms with van der Waals surface area (Å²) in [5.41, 5.74) is 4.55. The van der Waals surface area contributed by atoms with Crippen LogP contribution in [-0.4, -0.2) is 46.2 Å². The zero-order chi connectivity index (χ0) is 25.4. The molecular formula is C29H34N4O3. The number of nitrogens with one attached hydrogen (secondary N) is 3. The van der Waals surface area contributed by atoms with Gasteiger partial charge in [0.05, 0.1) is 6.04 Å². The molecule has 2 aromatic carbocycles. The van der Waals surface area contributed by atoms with Gasteiger partial charge < -0.3 is 20.5 Å². The summed E-state index contributed by atoms with van der Waals surface area (Å²) >= 11 is 0. The van der Waals surface area contributed by atoms with Crippen LogP contribution in [0.2, 0.25) is 0 Å². The van der Waals surface area contributed by atoms with Crippen LogP contribution in [0.5, 0.6) is 0 Å². The molecule has 0 fully saturated rings. The van der Waals surface area contributed by atoms with Gasteiger partial charge in [-0.05, 0) is 35.6 Å². The summed E-state index contributed by atoms with van der Waals surface area (Å²) in [6.45, 7) is 6.65. The number of H-pyrrole nitrogens is 1. The van der Waals surface area contributed by atoms with Gasteiger partial charge in [0.25, 0.3) is 5.91 Å². The number of para-hydroxylation sites is 1. The molecule has 0 saturated heterocycles. The quantitative estimate of drug-likeness (QED) is 0.419. The molecular weight excluding hydrogens is 452 g/mol. The molecule has 0 radical (unpaired) electrons. The number of hydrogen-bond donors (Lipinski definition) is 3. The first-order chi connectivity index (χ1) is 17.5. The number of hydrogen-bond acceptors (Lipinski definition) is 3. The van der Waals surface area contributed by atoms with Crippen LogP contribution < -0.4 is 10.6 Å². The first-order valence-electron chi connectivity index (χ1n) is 13.0. The summed E-state index contributed by atoms with van der Waals surface area (Å²) < 4.78 is 0. The SMILES string of the molecule is CCCCNC(=O)[C@@H](NC(=O)[C@@H]1Cc2c([nH]c3ccccc23)[C@@H]2c3ccccc3C(=O)N21)[C@@H](C)CC. The van der Waals surface area contributed by atoms with E-state index >= 15 is 0 Å². The molecule has 4 atom stereocenters. The van der Waals surface area contributed by atoms with Crippen molar-refractivity contribution in [2.24, 2.45) is 5.92 Å². The standard InChI is InChI=1S/C29H34N4O3/c1-4-6-15-30-28(35)24(17(3)5-2)32-27(34)23-16-21-18-11-9-10-14-22(18)31-25(21)26-19-12-7-8-13-20(19)29(36)33(23)26/h7-14,17,23-24,26,31H,4-6,15-16H2,1-3H3,(H,30,35)(H,32,34)/t17-,23-,24-,26-/m0/s1. The highest BCUT2D eigenvalue weighted by Crippen LogP contribution is 2.46. The van der Waals surface area contributed by atoms with Crippen molar-refractivity contribution in [3.8, 4) is 0 Å². The second-order valence-electron chi connectivity index (χ2n) is 10.0. The minimum absolute atomic E-state index is 0.0370. The molecule has 0 aliphatic carbocycles. The van der Waals surface area contributed by atoms with Crippen LogP contribution >= 0.6 is 0 Å². The number of nitrogens with zero attached hydrogens (tertiary/aromatic N) is 1. The normalized spacial score (nSPS) is 19.9. The Kier molecular flexibility index (Phi) is 6.56. The Labute approximate surface area is 211 Å². The third-order valence-electron chi connectivity index (χ3n) is 7.78. The average Bonchev–Trinajstić information content (AvgIpc) is 3.42. The lowest BCUT2D eigenvalue weighted by Crippen LogP contribution is -2.58. The Morgan fingerprint density at radius 3 is 2.64 bits per heavy atom. The molecule has 5 rings (SSSR count). The molecule has 3 aromatic rings. The van der Waals surface area contributed by atoms with Crippen LogP contribution in [0.1, 0.15) is 73.3 Å². The fourth-order valence-electron chi connectivity index (χ4n) is 5.59. The number of aromatic amines is 1. The maximum absolute atomic E-state index is 13.9. The van der Waals surface area contributed by atoms with Crippen LogP contribution in [0, 0.1) is 5.92 Å². The highest BCUT2D eigenvalue weighted by molar-refractivity contribution is 6.04. The van der Waals surface area contributed by atoms with E-state index in [4.69, 9.17) is 0 Å². The van der Waals surface area contributed by atoms with Gasteiger partial charge in [0, 0.05) is 35.1 Å². The van der Waals surface area contributed by atoms with E-state index in [1.807, 2.05) is 56.3 Å². The Balaban J connectivity index is 1.52. The lowest BCUT2D eigenvalue weighted by molar-refractivity contribution is -0.133. The Hall–Kier alpha value is -3.61. The number of unbranched alkanes of at least 4 members (excludes halogenated alkanes) is 1. The molecule has 3 heterocycles. The molecule has 36 heavy (non-hydrogen) atoms. The fraction of sp³-hybridized carbons (Fsp3) is 0.414. The topological polar surface area (TPSA) is 94.3 Å². The Morgan fingerprint density at radius 1 is 1.11 bits per heavy atom. The van der Waals surface area contributed by atoms with Gasteiger partial charge in [-0.25, -0.2) is 0 Å². The molecule has 0 bridgehead atoms. The monoisotopic (exact) mass is 486 g/mol. The van der Waals surface area contributed by atoms with Gasteiger partial charge in [-0.3, -0.25) is 14.4 Å². The number of fused-ring (bicyclic) bond motifs is 7. The maximum Gasteiger partial charge on any atom is 0.255 e. The van der Waals surface area contributed by atoms with Gasteiger partial charge in [0.2, 0.25) is 11.8 Å². The Bertz CT molecular complexity index is 1310. The molecule has 2 aliphatic rings. The predicted octanol–water partition coefficient (Wildman–Crippen LogP) is 4.09. The summed E-state index contributed by atoms with van der Waals surface area (Å²) in [6, 6.07) is 13.9. The number of benzene rings is 2. The average molecular weight is 487 g/mol. The van der Waals surface area contributed by atoms with Crippen LogP contribution in [0.15, 0.2) is 48.5 Å². The number of carbonyl (C=O) groups is 3. The van der Waals surface area contributed by atoms with E-state index in [0.29, 0.717) is 18.5 Å². The van der Waals surface area contributed by atoms with Crippen molar-refractivity contribution in [2.45, 2.75) is 64.6 Å². The molecule has 2 aliphatic heterocycles.